The molecular weight excluding hydrogens is 388 g/mol. The number of Topliss-reactive ketones (excluding diaryl/α,β-unsaturated/α-hetero) is 1. The molecule has 0 saturated carbocycles. The van der Waals surface area contributed by atoms with Crippen LogP contribution >= 0.6 is 0 Å². The van der Waals surface area contributed by atoms with Gasteiger partial charge in [-0.2, -0.15) is 0 Å². The monoisotopic (exact) mass is 420 g/mol. The Morgan fingerprint density at radius 1 is 1.06 bits per heavy atom. The summed E-state index contributed by atoms with van der Waals surface area (Å²) in [6, 6.07) is 13.8. The highest BCUT2D eigenvalue weighted by molar-refractivity contribution is 6.01. The standard InChI is InChI=1S/C26H32N2O3/c1-6-30-23-13-17(11-12-22(23)31-16(2)3)25-24-20(14-26(4,5)15-21(24)29)27-18-9-7-8-10-19(18)28-25/h7-13,16,25,27-28H,6,14-15H2,1-5H3/t25-/m0/s1. The lowest BCUT2D eigenvalue weighted by molar-refractivity contribution is -0.118. The van der Waals surface area contributed by atoms with E-state index >= 15 is 0 Å². The number of ketones is 1. The van der Waals surface area contributed by atoms with Gasteiger partial charge in [-0.05, 0) is 62.4 Å². The molecule has 4 rings (SSSR count). The molecule has 5 heteroatoms. The molecule has 0 unspecified atom stereocenters. The Balaban J connectivity index is 1.83. The lowest BCUT2D eigenvalue weighted by Gasteiger charge is -2.34. The first-order valence-electron chi connectivity index (χ1n) is 11.1. The zero-order valence-corrected chi connectivity index (χ0v) is 19.0. The number of anilines is 2. The zero-order valence-electron chi connectivity index (χ0n) is 19.0. The molecule has 164 valence electrons. The maximum Gasteiger partial charge on any atom is 0.163 e. The summed E-state index contributed by atoms with van der Waals surface area (Å²) in [5.41, 5.74) is 4.71. The van der Waals surface area contributed by atoms with Crippen LogP contribution in [0.15, 0.2) is 53.7 Å². The number of carbonyl (C=O) groups is 1. The molecule has 1 atom stereocenters. The van der Waals surface area contributed by atoms with E-state index < -0.39 is 0 Å². The number of benzene rings is 2. The minimum absolute atomic E-state index is 0.0496. The largest absolute Gasteiger partial charge is 0.490 e. The fourth-order valence-corrected chi connectivity index (χ4v) is 4.46. The van der Waals surface area contributed by atoms with Crippen molar-refractivity contribution in [2.24, 2.45) is 5.41 Å². The van der Waals surface area contributed by atoms with Crippen LogP contribution in [-0.2, 0) is 4.79 Å². The number of ether oxygens (including phenoxy) is 2. The number of hydrogen-bond donors (Lipinski definition) is 2. The third-order valence-electron chi connectivity index (χ3n) is 5.68. The van der Waals surface area contributed by atoms with Crippen LogP contribution in [-0.4, -0.2) is 18.5 Å². The van der Waals surface area contributed by atoms with E-state index in [1.807, 2.05) is 63.2 Å². The van der Waals surface area contributed by atoms with E-state index in [-0.39, 0.29) is 23.3 Å². The summed E-state index contributed by atoms with van der Waals surface area (Å²) in [4.78, 5) is 13.4. The first-order valence-corrected chi connectivity index (χ1v) is 11.1. The molecule has 31 heavy (non-hydrogen) atoms. The van der Waals surface area contributed by atoms with Crippen molar-refractivity contribution in [3.8, 4) is 11.5 Å². The van der Waals surface area contributed by atoms with E-state index in [9.17, 15) is 4.79 Å². The molecule has 0 spiro atoms. The Labute approximate surface area is 184 Å². The van der Waals surface area contributed by atoms with Crippen LogP contribution in [0, 0.1) is 5.41 Å². The normalized spacial score (nSPS) is 19.7. The van der Waals surface area contributed by atoms with Gasteiger partial charge in [-0.3, -0.25) is 4.79 Å². The molecule has 0 saturated heterocycles. The van der Waals surface area contributed by atoms with Gasteiger partial charge in [0.05, 0.1) is 30.1 Å². The summed E-state index contributed by atoms with van der Waals surface area (Å²) in [6.07, 6.45) is 1.41. The van der Waals surface area contributed by atoms with Gasteiger partial charge >= 0.3 is 0 Å². The Bertz CT molecular complexity index is 1020. The molecule has 0 radical (unpaired) electrons. The minimum atomic E-state index is -0.262. The van der Waals surface area contributed by atoms with E-state index in [4.69, 9.17) is 9.47 Å². The van der Waals surface area contributed by atoms with Crippen LogP contribution in [0.4, 0.5) is 11.4 Å². The van der Waals surface area contributed by atoms with Crippen molar-refractivity contribution >= 4 is 17.2 Å². The highest BCUT2D eigenvalue weighted by atomic mass is 16.5. The van der Waals surface area contributed by atoms with Gasteiger partial charge in [0.15, 0.2) is 17.3 Å². The van der Waals surface area contributed by atoms with Gasteiger partial charge in [0.2, 0.25) is 0 Å². The number of carbonyl (C=O) groups excluding carboxylic acids is 1. The van der Waals surface area contributed by atoms with Gasteiger partial charge in [-0.1, -0.05) is 32.0 Å². The van der Waals surface area contributed by atoms with Gasteiger partial charge < -0.3 is 20.1 Å². The maximum absolute atomic E-state index is 13.4. The van der Waals surface area contributed by atoms with Gasteiger partial charge in [-0.25, -0.2) is 0 Å². The van der Waals surface area contributed by atoms with E-state index in [2.05, 4.69) is 24.5 Å². The average molecular weight is 421 g/mol. The number of hydrogen-bond acceptors (Lipinski definition) is 5. The molecule has 5 nitrogen and oxygen atoms in total. The molecule has 1 heterocycles. The first kappa shape index (κ1) is 21.3. The summed E-state index contributed by atoms with van der Waals surface area (Å²) in [5, 5.41) is 7.19. The molecule has 0 amide bonds. The molecular formula is C26H32N2O3. The smallest absolute Gasteiger partial charge is 0.163 e. The Morgan fingerprint density at radius 3 is 2.52 bits per heavy atom. The molecule has 1 aliphatic carbocycles. The van der Waals surface area contributed by atoms with E-state index in [0.29, 0.717) is 18.8 Å². The molecule has 2 aliphatic rings. The highest BCUT2D eigenvalue weighted by Gasteiger charge is 2.38. The predicted octanol–water partition coefficient (Wildman–Crippen LogP) is 6.09. The van der Waals surface area contributed by atoms with Crippen LogP contribution in [0.5, 0.6) is 11.5 Å². The summed E-state index contributed by atoms with van der Waals surface area (Å²) in [7, 11) is 0. The van der Waals surface area contributed by atoms with Gasteiger partial charge in [0.25, 0.3) is 0 Å². The number of rotatable bonds is 5. The van der Waals surface area contributed by atoms with E-state index in [0.717, 1.165) is 40.4 Å². The molecule has 0 aromatic heterocycles. The average Bonchev–Trinajstić information content (AvgIpc) is 2.84. The van der Waals surface area contributed by atoms with Crippen LogP contribution in [0.1, 0.15) is 59.1 Å². The fraction of sp³-hybridized carbons (Fsp3) is 0.423. The van der Waals surface area contributed by atoms with E-state index in [1.165, 1.54) is 0 Å². The second-order valence-electron chi connectivity index (χ2n) is 9.39. The third kappa shape index (κ3) is 4.41. The second kappa shape index (κ2) is 8.29. The van der Waals surface area contributed by atoms with Crippen molar-refractivity contribution in [2.45, 2.75) is 59.6 Å². The topological polar surface area (TPSA) is 59.6 Å². The SMILES string of the molecule is CCOc1cc([C@@H]2Nc3ccccc3NC3=C2C(=O)CC(C)(C)C3)ccc1OC(C)C. The molecule has 2 aromatic carbocycles. The van der Waals surface area contributed by atoms with Crippen molar-refractivity contribution in [3.63, 3.8) is 0 Å². The third-order valence-corrected chi connectivity index (χ3v) is 5.68. The van der Waals surface area contributed by atoms with Gasteiger partial charge in [0.1, 0.15) is 0 Å². The number of fused-ring (bicyclic) bond motifs is 1. The Morgan fingerprint density at radius 2 is 1.81 bits per heavy atom. The van der Waals surface area contributed by atoms with Crippen molar-refractivity contribution < 1.29 is 14.3 Å². The minimum Gasteiger partial charge on any atom is -0.490 e. The fourth-order valence-electron chi connectivity index (χ4n) is 4.46. The molecule has 0 bridgehead atoms. The summed E-state index contributed by atoms with van der Waals surface area (Å²) < 4.78 is 11.8. The summed E-state index contributed by atoms with van der Waals surface area (Å²) in [5.74, 6) is 1.61. The van der Waals surface area contributed by atoms with Gasteiger partial charge in [-0.15, -0.1) is 0 Å². The van der Waals surface area contributed by atoms with Crippen molar-refractivity contribution in [2.75, 3.05) is 17.2 Å². The highest BCUT2D eigenvalue weighted by Crippen LogP contribution is 2.46. The number of allylic oxidation sites excluding steroid dienone is 1. The zero-order chi connectivity index (χ0) is 22.2. The lowest BCUT2D eigenvalue weighted by atomic mass is 9.73. The van der Waals surface area contributed by atoms with E-state index in [1.54, 1.807) is 0 Å². The van der Waals surface area contributed by atoms with Crippen molar-refractivity contribution in [3.05, 3.63) is 59.3 Å². The number of nitrogens with one attached hydrogen (secondary N) is 2. The van der Waals surface area contributed by atoms with Crippen LogP contribution in [0.2, 0.25) is 0 Å². The summed E-state index contributed by atoms with van der Waals surface area (Å²) >= 11 is 0. The second-order valence-corrected chi connectivity index (χ2v) is 9.39. The quantitative estimate of drug-likeness (QED) is 0.612. The maximum atomic E-state index is 13.4. The Hall–Kier alpha value is -2.95. The van der Waals surface area contributed by atoms with Gasteiger partial charge in [0, 0.05) is 17.7 Å². The first-order chi connectivity index (χ1) is 14.8. The summed E-state index contributed by atoms with van der Waals surface area (Å²) in [6.45, 7) is 10.8. The molecule has 1 aliphatic heterocycles. The predicted molar refractivity (Wildman–Crippen MR) is 125 cm³/mol. The molecule has 2 N–H and O–H groups in total. The molecule has 0 fully saturated rings. The van der Waals surface area contributed by atoms with Crippen molar-refractivity contribution in [1.82, 2.24) is 0 Å². The Kier molecular flexibility index (Phi) is 5.69. The van der Waals surface area contributed by atoms with Crippen LogP contribution < -0.4 is 20.1 Å². The number of para-hydroxylation sites is 2. The molecule has 2 aromatic rings. The van der Waals surface area contributed by atoms with Crippen molar-refractivity contribution in [1.29, 1.82) is 0 Å². The van der Waals surface area contributed by atoms with Crippen LogP contribution in [0.3, 0.4) is 0 Å². The van der Waals surface area contributed by atoms with Crippen LogP contribution in [0.25, 0.3) is 0 Å². The lowest BCUT2D eigenvalue weighted by Crippen LogP contribution is -2.31.